The molecule has 8 heteroatoms. The molecule has 0 saturated carbocycles. The molecule has 0 unspecified atom stereocenters. The predicted molar refractivity (Wildman–Crippen MR) is 124 cm³/mol. The van der Waals surface area contributed by atoms with Gasteiger partial charge in [0.05, 0.1) is 0 Å². The van der Waals surface area contributed by atoms with Crippen molar-refractivity contribution in [1.29, 1.82) is 0 Å². The second kappa shape index (κ2) is 13.4. The summed E-state index contributed by atoms with van der Waals surface area (Å²) >= 11 is 0. The fourth-order valence-electron chi connectivity index (χ4n) is 4.23. The maximum Gasteiger partial charge on any atom is 0.225 e. The highest BCUT2D eigenvalue weighted by Crippen LogP contribution is 2.10. The molecule has 0 amide bonds. The molecule has 0 spiro atoms. The van der Waals surface area contributed by atoms with Crippen LogP contribution in [0.15, 0.2) is 23.5 Å². The molecule has 2 fully saturated rings. The zero-order chi connectivity index (χ0) is 20.9. The van der Waals surface area contributed by atoms with Crippen LogP contribution in [0.4, 0.5) is 5.95 Å². The van der Waals surface area contributed by atoms with Gasteiger partial charge in [-0.1, -0.05) is 12.8 Å². The van der Waals surface area contributed by atoms with Crippen molar-refractivity contribution in [3.8, 4) is 0 Å². The van der Waals surface area contributed by atoms with Crippen LogP contribution < -0.4 is 15.5 Å². The van der Waals surface area contributed by atoms with Crippen molar-refractivity contribution in [3.05, 3.63) is 18.5 Å². The third kappa shape index (κ3) is 8.07. The molecule has 3 rings (SSSR count). The Morgan fingerprint density at radius 2 is 1.40 bits per heavy atom. The molecular weight excluding hydrogens is 376 g/mol. The van der Waals surface area contributed by atoms with Crippen LogP contribution in [0.1, 0.15) is 38.5 Å². The summed E-state index contributed by atoms with van der Waals surface area (Å²) in [5, 5.41) is 6.93. The largest absolute Gasteiger partial charge is 0.356 e. The molecule has 30 heavy (non-hydrogen) atoms. The van der Waals surface area contributed by atoms with E-state index < -0.39 is 0 Å². The first-order valence-corrected chi connectivity index (χ1v) is 11.8. The van der Waals surface area contributed by atoms with E-state index in [0.717, 1.165) is 64.1 Å². The van der Waals surface area contributed by atoms with Crippen LogP contribution >= 0.6 is 0 Å². The Kier molecular flexibility index (Phi) is 10.2. The van der Waals surface area contributed by atoms with Gasteiger partial charge in [-0.15, -0.1) is 0 Å². The van der Waals surface area contributed by atoms with E-state index in [1.807, 2.05) is 25.5 Å². The monoisotopic (exact) mass is 416 g/mol. The maximum atomic E-state index is 4.36. The zero-order valence-electron chi connectivity index (χ0n) is 18.7. The summed E-state index contributed by atoms with van der Waals surface area (Å²) in [4.78, 5) is 20.5. The van der Waals surface area contributed by atoms with E-state index in [1.165, 1.54) is 51.7 Å². The molecule has 3 heterocycles. The summed E-state index contributed by atoms with van der Waals surface area (Å²) < 4.78 is 0. The third-order valence-corrected chi connectivity index (χ3v) is 6.02. The number of nitrogens with zero attached hydrogens (tertiary/aromatic N) is 6. The van der Waals surface area contributed by atoms with Crippen molar-refractivity contribution in [2.45, 2.75) is 38.5 Å². The van der Waals surface area contributed by atoms with Gasteiger partial charge in [0.25, 0.3) is 0 Å². The second-order valence-electron chi connectivity index (χ2n) is 8.27. The normalized spacial score (nSPS) is 19.5. The van der Waals surface area contributed by atoms with Crippen molar-refractivity contribution in [2.24, 2.45) is 4.99 Å². The average molecular weight is 417 g/mol. The highest BCUT2D eigenvalue weighted by atomic mass is 15.3. The van der Waals surface area contributed by atoms with E-state index in [0.29, 0.717) is 0 Å². The van der Waals surface area contributed by atoms with Gasteiger partial charge < -0.3 is 20.4 Å². The summed E-state index contributed by atoms with van der Waals surface area (Å²) in [7, 11) is 1.86. The molecule has 1 aromatic heterocycles. The Balaban J connectivity index is 1.21. The lowest BCUT2D eigenvalue weighted by Gasteiger charge is -2.34. The highest BCUT2D eigenvalue weighted by Gasteiger charge is 2.18. The number of hydrogen-bond donors (Lipinski definition) is 2. The number of aliphatic imine (C=N–C) groups is 1. The van der Waals surface area contributed by atoms with E-state index in [4.69, 9.17) is 0 Å². The van der Waals surface area contributed by atoms with Gasteiger partial charge in [0.1, 0.15) is 0 Å². The molecular formula is C22H40N8. The maximum absolute atomic E-state index is 4.36. The minimum Gasteiger partial charge on any atom is -0.356 e. The number of aromatic nitrogens is 2. The van der Waals surface area contributed by atoms with Crippen LogP contribution in [-0.4, -0.2) is 98.2 Å². The van der Waals surface area contributed by atoms with Gasteiger partial charge in [-0.25, -0.2) is 9.97 Å². The molecule has 0 aromatic carbocycles. The van der Waals surface area contributed by atoms with Gasteiger partial charge in [0.15, 0.2) is 5.96 Å². The van der Waals surface area contributed by atoms with Crippen LogP contribution in [0.25, 0.3) is 0 Å². The van der Waals surface area contributed by atoms with Crippen molar-refractivity contribution in [3.63, 3.8) is 0 Å². The van der Waals surface area contributed by atoms with Gasteiger partial charge in [-0.2, -0.15) is 0 Å². The van der Waals surface area contributed by atoms with Crippen LogP contribution in [0.3, 0.4) is 0 Å². The minimum atomic E-state index is 0.851. The highest BCUT2D eigenvalue weighted by molar-refractivity contribution is 5.79. The van der Waals surface area contributed by atoms with Crippen molar-refractivity contribution >= 4 is 11.9 Å². The summed E-state index contributed by atoms with van der Waals surface area (Å²) in [5.74, 6) is 1.78. The lowest BCUT2D eigenvalue weighted by molar-refractivity contribution is 0.254. The lowest BCUT2D eigenvalue weighted by atomic mass is 10.2. The Morgan fingerprint density at radius 1 is 0.833 bits per heavy atom. The van der Waals surface area contributed by atoms with Crippen LogP contribution in [0.2, 0.25) is 0 Å². The minimum absolute atomic E-state index is 0.851. The van der Waals surface area contributed by atoms with Gasteiger partial charge in [-0.3, -0.25) is 9.89 Å². The van der Waals surface area contributed by atoms with E-state index in [-0.39, 0.29) is 0 Å². The topological polar surface area (TPSA) is 71.9 Å². The summed E-state index contributed by atoms with van der Waals surface area (Å²) in [6, 6.07) is 1.87. The number of piperazine rings is 1. The van der Waals surface area contributed by atoms with E-state index in [2.05, 4.69) is 40.3 Å². The SMILES string of the molecule is CN=C(NCCCN1CCCCCC1)NCCCN1CCN(c2ncccn2)CC1. The van der Waals surface area contributed by atoms with Crippen LogP contribution in [0.5, 0.6) is 0 Å². The number of guanidine groups is 1. The molecule has 2 aliphatic rings. The molecule has 0 aliphatic carbocycles. The van der Waals surface area contributed by atoms with Crippen molar-refractivity contribution < 1.29 is 0 Å². The molecule has 8 nitrogen and oxygen atoms in total. The first-order chi connectivity index (χ1) is 14.8. The fraction of sp³-hybridized carbons (Fsp3) is 0.773. The third-order valence-electron chi connectivity index (χ3n) is 6.02. The van der Waals surface area contributed by atoms with Gasteiger partial charge in [0.2, 0.25) is 5.95 Å². The molecule has 1 aromatic rings. The second-order valence-corrected chi connectivity index (χ2v) is 8.27. The Hall–Kier alpha value is -1.93. The van der Waals surface area contributed by atoms with Gasteiger partial charge in [-0.05, 0) is 57.9 Å². The number of hydrogen-bond acceptors (Lipinski definition) is 6. The summed E-state index contributed by atoms with van der Waals surface area (Å²) in [6.07, 6.45) is 11.5. The standard InChI is InChI=1S/C22H40N8/c1-23-21(24-11-7-15-28-13-4-2-3-5-14-28)25-12-8-16-29-17-19-30(20-18-29)22-26-9-6-10-27-22/h6,9-10H,2-5,7-8,11-20H2,1H3,(H2,23,24,25). The smallest absolute Gasteiger partial charge is 0.225 e. The number of anilines is 1. The van der Waals surface area contributed by atoms with Crippen LogP contribution in [0, 0.1) is 0 Å². The first-order valence-electron chi connectivity index (χ1n) is 11.8. The summed E-state index contributed by atoms with van der Waals surface area (Å²) in [5.41, 5.74) is 0. The Bertz CT molecular complexity index is 592. The van der Waals surface area contributed by atoms with E-state index in [9.17, 15) is 0 Å². The van der Waals surface area contributed by atoms with Crippen molar-refractivity contribution in [1.82, 2.24) is 30.4 Å². The first kappa shape index (κ1) is 22.7. The molecule has 2 N–H and O–H groups in total. The molecule has 0 atom stereocenters. The number of likely N-dealkylation sites (tertiary alicyclic amines) is 1. The number of nitrogens with one attached hydrogen (secondary N) is 2. The Labute approximate surface area is 182 Å². The van der Waals surface area contributed by atoms with Crippen molar-refractivity contribution in [2.75, 3.05) is 77.4 Å². The predicted octanol–water partition coefficient (Wildman–Crippen LogP) is 1.42. The van der Waals surface area contributed by atoms with Crippen LogP contribution in [-0.2, 0) is 0 Å². The summed E-state index contributed by atoms with van der Waals surface area (Å²) in [6.45, 7) is 10.9. The average Bonchev–Trinajstić information content (AvgIpc) is 3.08. The molecule has 0 radical (unpaired) electrons. The zero-order valence-corrected chi connectivity index (χ0v) is 18.7. The Morgan fingerprint density at radius 3 is 1.97 bits per heavy atom. The van der Waals surface area contributed by atoms with E-state index in [1.54, 1.807) is 0 Å². The van der Waals surface area contributed by atoms with Gasteiger partial charge in [0, 0.05) is 58.7 Å². The molecule has 168 valence electrons. The molecule has 2 aliphatic heterocycles. The van der Waals surface area contributed by atoms with E-state index >= 15 is 0 Å². The quantitative estimate of drug-likeness (QED) is 0.358. The van der Waals surface area contributed by atoms with Gasteiger partial charge >= 0.3 is 0 Å². The lowest BCUT2D eigenvalue weighted by Crippen LogP contribution is -2.47. The molecule has 0 bridgehead atoms. The fourth-order valence-corrected chi connectivity index (χ4v) is 4.23. The number of rotatable bonds is 9. The molecule has 2 saturated heterocycles.